The summed E-state index contributed by atoms with van der Waals surface area (Å²) in [6.07, 6.45) is 0. The fraction of sp³-hybridized carbons (Fsp3) is 0. The molecule has 0 aliphatic rings. The van der Waals surface area contributed by atoms with Crippen LogP contribution in [0.1, 0.15) is 0 Å². The van der Waals surface area contributed by atoms with Gasteiger partial charge < -0.3 is 38.3 Å². The molecular formula is H14B4Na2O14. The molecule has 0 rings (SSSR count). The van der Waals surface area contributed by atoms with E-state index in [0.717, 1.165) is 0 Å². The Morgan fingerprint density at radius 2 is 0.850 bits per heavy atom. The molecule has 0 bridgehead atoms. The van der Waals surface area contributed by atoms with Crippen LogP contribution in [0.4, 0.5) is 0 Å². The molecule has 0 amide bonds. The first-order chi connectivity index (χ1) is 5.20. The summed E-state index contributed by atoms with van der Waals surface area (Å²) in [5, 5.41) is 20.3. The van der Waals surface area contributed by atoms with Crippen molar-refractivity contribution in [1.82, 2.24) is 0 Å². The van der Waals surface area contributed by atoms with Crippen LogP contribution >= 0.6 is 0 Å². The summed E-state index contributed by atoms with van der Waals surface area (Å²) in [7, 11) is -4.92. The quantitative estimate of drug-likeness (QED) is 0.423. The van der Waals surface area contributed by atoms with Gasteiger partial charge in [0.2, 0.25) is 0 Å². The molecule has 0 spiro atoms. The third-order valence-corrected chi connectivity index (χ3v) is 0.556. The zero-order chi connectivity index (χ0) is 8.69. The first-order valence-electron chi connectivity index (χ1n) is 2.36. The van der Waals surface area contributed by atoms with Crippen LogP contribution < -0.4 is 69.2 Å². The van der Waals surface area contributed by atoms with E-state index in [1.54, 1.807) is 0 Å². The van der Waals surface area contributed by atoms with Gasteiger partial charge in [-0.15, -0.1) is 0 Å². The number of hydrogen-bond donors (Lipinski definition) is 0. The molecule has 0 atom stereocenters. The number of hydrogen-bond acceptors (Lipinski definition) is 7. The van der Waals surface area contributed by atoms with Gasteiger partial charge in [0.05, 0.1) is 0 Å². The molecule has 14 nitrogen and oxygen atoms in total. The minimum absolute atomic E-state index is 0. The Labute approximate surface area is 159 Å². The van der Waals surface area contributed by atoms with Crippen molar-refractivity contribution in [3.8, 4) is 0 Å². The summed E-state index contributed by atoms with van der Waals surface area (Å²) in [6, 6.07) is 0. The van der Waals surface area contributed by atoms with Crippen LogP contribution in [-0.4, -0.2) is 67.7 Å². The van der Waals surface area contributed by atoms with Gasteiger partial charge in [-0.1, -0.05) is 0 Å². The van der Waals surface area contributed by atoms with Crippen molar-refractivity contribution in [2.45, 2.75) is 0 Å². The fourth-order valence-electron chi connectivity index (χ4n) is 0.246. The van der Waals surface area contributed by atoms with E-state index in [9.17, 15) is 19.5 Å². The Hall–Kier alpha value is 1.06. The van der Waals surface area contributed by atoms with Crippen molar-refractivity contribution in [2.75, 3.05) is 0 Å². The van der Waals surface area contributed by atoms with Crippen molar-refractivity contribution in [2.24, 2.45) is 0 Å². The van der Waals surface area contributed by atoms with Crippen LogP contribution in [0.5, 0.6) is 0 Å². The van der Waals surface area contributed by atoms with Crippen molar-refractivity contribution in [3.63, 3.8) is 0 Å². The molecule has 0 saturated heterocycles. The van der Waals surface area contributed by atoms with Gasteiger partial charge in [0, 0.05) is 0 Å². The Morgan fingerprint density at radius 3 is 1.00 bits per heavy atom. The van der Waals surface area contributed by atoms with Crippen LogP contribution in [0, 0.1) is 0 Å². The molecule has 0 aromatic heterocycles. The normalized spacial score (nSPS) is 4.10. The summed E-state index contributed by atoms with van der Waals surface area (Å²) in [5.74, 6) is 0. The van der Waals surface area contributed by atoms with Gasteiger partial charge in [0.1, 0.15) is 0 Å². The Morgan fingerprint density at radius 1 is 0.650 bits per heavy atom. The monoisotopic (exact) mass is 328 g/mol. The van der Waals surface area contributed by atoms with Gasteiger partial charge in [0.25, 0.3) is 0 Å². The zero-order valence-electron chi connectivity index (χ0n) is 10.7. The summed E-state index contributed by atoms with van der Waals surface area (Å²) in [4.78, 5) is 0. The van der Waals surface area contributed by atoms with Crippen molar-refractivity contribution < 1.29 is 131 Å². The van der Waals surface area contributed by atoms with Gasteiger partial charge in [-0.25, -0.2) is 0 Å². The third kappa shape index (κ3) is 50.8. The maximum atomic E-state index is 10.1. The fourth-order valence-corrected chi connectivity index (χ4v) is 0.246. The summed E-state index contributed by atoms with van der Waals surface area (Å²) < 4.78 is 29.8. The van der Waals surface area contributed by atoms with E-state index in [2.05, 4.69) is 13.7 Å². The molecule has 0 saturated carbocycles. The van der Waals surface area contributed by atoms with E-state index in [4.69, 9.17) is 0 Å². The van der Waals surface area contributed by atoms with Crippen LogP contribution in [0.15, 0.2) is 0 Å². The topological polar surface area (TPSA) is 328 Å². The molecule has 0 aromatic carbocycles. The van der Waals surface area contributed by atoms with Crippen LogP contribution in [0.25, 0.3) is 0 Å². The van der Waals surface area contributed by atoms with Gasteiger partial charge in [-0.3, -0.25) is 0 Å². The predicted octanol–water partition coefficient (Wildman–Crippen LogP) is -16.1. The molecule has 0 fully saturated rings. The Bertz CT molecular complexity index is 122. The van der Waals surface area contributed by atoms with Crippen molar-refractivity contribution in [3.05, 3.63) is 0 Å². The number of rotatable bonds is 6. The van der Waals surface area contributed by atoms with Crippen molar-refractivity contribution in [1.29, 1.82) is 0 Å². The van der Waals surface area contributed by atoms with E-state index >= 15 is 0 Å². The van der Waals surface area contributed by atoms with Gasteiger partial charge >= 0.3 is 122 Å². The molecular weight excluding hydrogens is 313 g/mol. The summed E-state index contributed by atoms with van der Waals surface area (Å²) in [5.41, 5.74) is 0. The maximum Gasteiger partial charge on any atom is 1.00 e. The minimum Gasteiger partial charge on any atom is 1.00 e. The maximum absolute atomic E-state index is 10.1. The zero-order valence-corrected chi connectivity index (χ0v) is 14.7. The first-order valence-corrected chi connectivity index (χ1v) is 2.36. The van der Waals surface area contributed by atoms with Crippen LogP contribution in [0.2, 0.25) is 0 Å². The van der Waals surface area contributed by atoms with E-state index < -0.39 is 14.6 Å². The van der Waals surface area contributed by atoms with Gasteiger partial charge in [-0.05, 0) is 0 Å². The van der Waals surface area contributed by atoms with Gasteiger partial charge in [-0.2, -0.15) is 0 Å². The van der Waals surface area contributed by atoms with E-state index in [1.165, 1.54) is 0 Å². The molecule has 0 aliphatic heterocycles. The predicted molar refractivity (Wildman–Crippen MR) is 52.9 cm³/mol. The average molecular weight is 327 g/mol. The SMILES string of the molecule is O.O.O.O.O.O.O.O=BOB([O-])OB([O-])OB=O.[Na+].[Na+]. The average Bonchev–Trinajstić information content (AvgIpc) is 1.87. The molecule has 0 heterocycles. The molecule has 20 heteroatoms. The second-order valence-corrected chi connectivity index (χ2v) is 1.18. The third-order valence-electron chi connectivity index (χ3n) is 0.556. The smallest absolute Gasteiger partial charge is 1.00 e. The summed E-state index contributed by atoms with van der Waals surface area (Å²) in [6.45, 7) is 0. The Kier molecular flexibility index (Phi) is 174. The first kappa shape index (κ1) is 69.3. The molecule has 0 aliphatic carbocycles. The molecule has 0 aromatic rings. The minimum atomic E-state index is -2.27. The van der Waals surface area contributed by atoms with Crippen LogP contribution in [-0.2, 0) is 23.1 Å². The standard InChI is InChI=1S/B4O7.2Na.7H2O/c5-1-9-3(7)11-4(8)10-2-6;;;;;;;;;/h;;;7*1H2/q-2;2*+1;;;;;;;. The Balaban J connectivity index is -0.0000000139. The second-order valence-electron chi connectivity index (χ2n) is 1.18. The largest absolute Gasteiger partial charge is 1.00 e. The summed E-state index contributed by atoms with van der Waals surface area (Å²) >= 11 is 0. The second kappa shape index (κ2) is 50.1. The van der Waals surface area contributed by atoms with Crippen LogP contribution in [0.3, 0.4) is 0 Å². The van der Waals surface area contributed by atoms with Gasteiger partial charge in [0.15, 0.2) is 0 Å². The molecule has 20 heavy (non-hydrogen) atoms. The molecule has 0 radical (unpaired) electrons. The molecule has 14 N–H and O–H groups in total. The van der Waals surface area contributed by atoms with E-state index in [1.807, 2.05) is 0 Å². The van der Waals surface area contributed by atoms with E-state index in [-0.39, 0.29) is 112 Å². The molecule has 112 valence electrons. The van der Waals surface area contributed by atoms with Crippen molar-refractivity contribution >= 4 is 29.3 Å². The molecule has 0 unspecified atom stereocenters. The van der Waals surface area contributed by atoms with E-state index in [0.29, 0.717) is 0 Å².